The summed E-state index contributed by atoms with van der Waals surface area (Å²) in [7, 11) is 2.04. The molecule has 1 N–H and O–H groups in total. The molecule has 0 radical (unpaired) electrons. The van der Waals surface area contributed by atoms with Gasteiger partial charge in [-0.25, -0.2) is 0 Å². The van der Waals surface area contributed by atoms with Gasteiger partial charge in [0.2, 0.25) is 0 Å². The highest BCUT2D eigenvalue weighted by atomic mass is 14.9. The van der Waals surface area contributed by atoms with Gasteiger partial charge in [0, 0.05) is 0 Å². The van der Waals surface area contributed by atoms with Gasteiger partial charge in [-0.1, -0.05) is 62.4 Å². The first kappa shape index (κ1) is 13.8. The molecule has 19 heavy (non-hydrogen) atoms. The summed E-state index contributed by atoms with van der Waals surface area (Å²) in [5, 5.41) is 3.46. The number of hydrogen-bond acceptors (Lipinski definition) is 1. The molecule has 1 heteroatoms. The van der Waals surface area contributed by atoms with E-state index < -0.39 is 0 Å². The lowest BCUT2D eigenvalue weighted by atomic mass is 9.92. The molecule has 2 rings (SSSR count). The molecule has 0 heterocycles. The normalized spacial score (nSPS) is 12.4. The lowest BCUT2D eigenvalue weighted by Gasteiger charge is -2.21. The summed E-state index contributed by atoms with van der Waals surface area (Å²) in [6.45, 7) is 4.42. The van der Waals surface area contributed by atoms with Crippen LogP contribution >= 0.6 is 0 Å². The Kier molecular flexibility index (Phi) is 4.75. The van der Waals surface area contributed by atoms with Crippen molar-refractivity contribution in [1.82, 2.24) is 5.32 Å². The summed E-state index contributed by atoms with van der Waals surface area (Å²) in [6.07, 6.45) is 2.15. The quantitative estimate of drug-likeness (QED) is 0.845. The van der Waals surface area contributed by atoms with Gasteiger partial charge in [0.25, 0.3) is 0 Å². The largest absolute Gasteiger partial charge is 0.309 e. The smallest absolute Gasteiger partial charge is 0.0577 e. The molecule has 100 valence electrons. The van der Waals surface area contributed by atoms with Gasteiger partial charge < -0.3 is 5.32 Å². The highest BCUT2D eigenvalue weighted by Gasteiger charge is 2.14. The molecule has 0 aliphatic carbocycles. The third-order valence-corrected chi connectivity index (χ3v) is 3.73. The van der Waals surface area contributed by atoms with Crippen LogP contribution in [-0.2, 0) is 12.8 Å². The van der Waals surface area contributed by atoms with E-state index in [0.29, 0.717) is 0 Å². The third kappa shape index (κ3) is 3.05. The Labute approximate surface area is 116 Å². The predicted molar refractivity (Wildman–Crippen MR) is 82.5 cm³/mol. The molecule has 0 aromatic heterocycles. The highest BCUT2D eigenvalue weighted by Crippen LogP contribution is 2.26. The summed E-state index contributed by atoms with van der Waals surface area (Å²) >= 11 is 0. The lowest BCUT2D eigenvalue weighted by molar-refractivity contribution is 0.683. The minimum Gasteiger partial charge on any atom is -0.309 e. The van der Waals surface area contributed by atoms with Crippen LogP contribution in [-0.4, -0.2) is 7.05 Å². The second-order valence-electron chi connectivity index (χ2n) is 4.87. The van der Waals surface area contributed by atoms with E-state index in [-0.39, 0.29) is 6.04 Å². The Balaban J connectivity index is 2.43. The van der Waals surface area contributed by atoms with E-state index in [4.69, 9.17) is 0 Å². The number of rotatable bonds is 5. The zero-order chi connectivity index (χ0) is 13.7. The zero-order valence-corrected chi connectivity index (χ0v) is 12.1. The van der Waals surface area contributed by atoms with E-state index in [0.717, 1.165) is 12.8 Å². The summed E-state index contributed by atoms with van der Waals surface area (Å²) < 4.78 is 0. The van der Waals surface area contributed by atoms with E-state index in [1.165, 1.54) is 22.3 Å². The molecule has 0 bridgehead atoms. The molecule has 1 nitrogen and oxygen atoms in total. The van der Waals surface area contributed by atoms with Crippen LogP contribution in [0.5, 0.6) is 0 Å². The minimum atomic E-state index is 0.280. The molecule has 0 fully saturated rings. The Morgan fingerprint density at radius 2 is 1.74 bits per heavy atom. The Morgan fingerprint density at radius 1 is 0.947 bits per heavy atom. The summed E-state index contributed by atoms with van der Waals surface area (Å²) in [5.74, 6) is 0. The first-order valence-electron chi connectivity index (χ1n) is 7.14. The predicted octanol–water partition coefficient (Wildman–Crippen LogP) is 4.12. The molecule has 0 spiro atoms. The van der Waals surface area contributed by atoms with Crippen molar-refractivity contribution in [2.24, 2.45) is 0 Å². The number of nitrogens with one attached hydrogen (secondary N) is 1. The molecule has 0 aliphatic heterocycles. The van der Waals surface area contributed by atoms with Crippen LogP contribution < -0.4 is 5.32 Å². The van der Waals surface area contributed by atoms with E-state index in [1.54, 1.807) is 0 Å². The fraction of sp³-hybridized carbons (Fsp3) is 0.333. The SMILES string of the molecule is CCc1cccc(C(NC)c2ccccc2CC)c1. The Bertz CT molecular complexity index is 531. The molecule has 1 unspecified atom stereocenters. The zero-order valence-electron chi connectivity index (χ0n) is 12.1. The van der Waals surface area contributed by atoms with Gasteiger partial charge in [-0.2, -0.15) is 0 Å². The molecule has 2 aromatic rings. The molecule has 2 aromatic carbocycles. The fourth-order valence-corrected chi connectivity index (χ4v) is 2.63. The van der Waals surface area contributed by atoms with Gasteiger partial charge in [-0.05, 0) is 42.1 Å². The Hall–Kier alpha value is -1.60. The van der Waals surface area contributed by atoms with Crippen molar-refractivity contribution in [1.29, 1.82) is 0 Å². The number of hydrogen-bond donors (Lipinski definition) is 1. The summed E-state index contributed by atoms with van der Waals surface area (Å²) in [5.41, 5.74) is 5.55. The second kappa shape index (κ2) is 6.53. The molecular formula is C18H23N. The van der Waals surface area contributed by atoms with Crippen LogP contribution in [0.2, 0.25) is 0 Å². The molecule has 0 saturated carbocycles. The van der Waals surface area contributed by atoms with Crippen LogP contribution in [0.4, 0.5) is 0 Å². The summed E-state index contributed by atoms with van der Waals surface area (Å²) in [4.78, 5) is 0. The average Bonchev–Trinajstić information content (AvgIpc) is 2.49. The van der Waals surface area contributed by atoms with Crippen LogP contribution in [0.3, 0.4) is 0 Å². The fourth-order valence-electron chi connectivity index (χ4n) is 2.63. The topological polar surface area (TPSA) is 12.0 Å². The molecular weight excluding hydrogens is 230 g/mol. The first-order chi connectivity index (χ1) is 9.30. The van der Waals surface area contributed by atoms with E-state index in [1.807, 2.05) is 7.05 Å². The average molecular weight is 253 g/mol. The van der Waals surface area contributed by atoms with Crippen molar-refractivity contribution >= 4 is 0 Å². The number of benzene rings is 2. The standard InChI is InChI=1S/C18H23N/c1-4-14-9-8-11-16(13-14)18(19-3)17-12-7-6-10-15(17)5-2/h6-13,18-19H,4-5H2,1-3H3. The van der Waals surface area contributed by atoms with Gasteiger partial charge in [0.05, 0.1) is 6.04 Å². The minimum absolute atomic E-state index is 0.280. The van der Waals surface area contributed by atoms with E-state index in [2.05, 4.69) is 67.7 Å². The highest BCUT2D eigenvalue weighted by molar-refractivity contribution is 5.38. The van der Waals surface area contributed by atoms with Crippen LogP contribution in [0.15, 0.2) is 48.5 Å². The summed E-state index contributed by atoms with van der Waals surface area (Å²) in [6, 6.07) is 17.9. The number of aryl methyl sites for hydroxylation is 2. The van der Waals surface area contributed by atoms with Gasteiger partial charge in [-0.15, -0.1) is 0 Å². The van der Waals surface area contributed by atoms with Crippen LogP contribution in [0.25, 0.3) is 0 Å². The van der Waals surface area contributed by atoms with Crippen LogP contribution in [0.1, 0.15) is 42.1 Å². The molecule has 0 saturated heterocycles. The maximum absolute atomic E-state index is 3.46. The van der Waals surface area contributed by atoms with Crippen LogP contribution in [0, 0.1) is 0 Å². The Morgan fingerprint density at radius 3 is 2.42 bits per heavy atom. The van der Waals surface area contributed by atoms with Crippen molar-refractivity contribution in [3.05, 3.63) is 70.8 Å². The molecule has 1 atom stereocenters. The maximum atomic E-state index is 3.46. The molecule has 0 amide bonds. The lowest BCUT2D eigenvalue weighted by Crippen LogP contribution is -2.19. The third-order valence-electron chi connectivity index (χ3n) is 3.73. The van der Waals surface area contributed by atoms with Gasteiger partial charge >= 0.3 is 0 Å². The van der Waals surface area contributed by atoms with Gasteiger partial charge in [0.15, 0.2) is 0 Å². The monoisotopic (exact) mass is 253 g/mol. The van der Waals surface area contributed by atoms with E-state index in [9.17, 15) is 0 Å². The first-order valence-corrected chi connectivity index (χ1v) is 7.14. The van der Waals surface area contributed by atoms with Crippen molar-refractivity contribution in [3.63, 3.8) is 0 Å². The van der Waals surface area contributed by atoms with Crippen molar-refractivity contribution in [2.45, 2.75) is 32.7 Å². The van der Waals surface area contributed by atoms with Gasteiger partial charge in [-0.3, -0.25) is 0 Å². The molecule has 0 aliphatic rings. The van der Waals surface area contributed by atoms with Crippen molar-refractivity contribution < 1.29 is 0 Å². The maximum Gasteiger partial charge on any atom is 0.0577 e. The second-order valence-corrected chi connectivity index (χ2v) is 4.87. The van der Waals surface area contributed by atoms with Crippen molar-refractivity contribution in [3.8, 4) is 0 Å². The van der Waals surface area contributed by atoms with Gasteiger partial charge in [0.1, 0.15) is 0 Å². The van der Waals surface area contributed by atoms with Crippen molar-refractivity contribution in [2.75, 3.05) is 7.05 Å². The van der Waals surface area contributed by atoms with E-state index >= 15 is 0 Å².